The molecule has 0 spiro atoms. The molecule has 1 heterocycles. The van der Waals surface area contributed by atoms with Gasteiger partial charge >= 0.3 is 6.36 Å². The first kappa shape index (κ1) is 13.9. The third-order valence-electron chi connectivity index (χ3n) is 1.60. The molecule has 1 aromatic rings. The molecule has 0 aromatic carbocycles. The highest BCUT2D eigenvalue weighted by molar-refractivity contribution is 9.10. The Kier molecular flexibility index (Phi) is 4.12. The summed E-state index contributed by atoms with van der Waals surface area (Å²) in [4.78, 5) is 3.22. The smallest absolute Gasteiger partial charge is 0.494 e. The highest BCUT2D eigenvalue weighted by Crippen LogP contribution is 2.36. The van der Waals surface area contributed by atoms with Crippen molar-refractivity contribution in [2.75, 3.05) is 7.11 Å². The Morgan fingerprint density at radius 1 is 1.35 bits per heavy atom. The summed E-state index contributed by atoms with van der Waals surface area (Å²) in [6.45, 7) is 0. The number of ether oxygens (including phenoxy) is 2. The molecule has 0 unspecified atom stereocenters. The summed E-state index contributed by atoms with van der Waals surface area (Å²) in [5, 5.41) is 0. The van der Waals surface area contributed by atoms with Crippen LogP contribution in [0.5, 0.6) is 11.6 Å². The lowest BCUT2D eigenvalue weighted by molar-refractivity contribution is -0.276. The van der Waals surface area contributed by atoms with Crippen LogP contribution in [0, 0.1) is 0 Å². The number of rotatable bonds is 3. The van der Waals surface area contributed by atoms with Crippen molar-refractivity contribution < 1.29 is 31.4 Å². The number of halogens is 6. The second-order valence-corrected chi connectivity index (χ2v) is 3.48. The Morgan fingerprint density at radius 3 is 2.35 bits per heavy atom. The Balaban J connectivity index is 3.23. The third-order valence-corrected chi connectivity index (χ3v) is 2.17. The summed E-state index contributed by atoms with van der Waals surface area (Å²) < 4.78 is 68.7. The minimum atomic E-state index is -5.09. The predicted octanol–water partition coefficient (Wildman–Crippen LogP) is 3.69. The molecule has 0 radical (unpaired) electrons. The second-order valence-electron chi connectivity index (χ2n) is 2.72. The van der Waals surface area contributed by atoms with Crippen LogP contribution in [0.3, 0.4) is 0 Å². The number of methoxy groups -OCH3 is 1. The predicted molar refractivity (Wildman–Crippen MR) is 50.1 cm³/mol. The fraction of sp³-hybridized carbons (Fsp3) is 0.375. The molecule has 0 atom stereocenters. The van der Waals surface area contributed by atoms with E-state index in [1.807, 2.05) is 0 Å². The first-order chi connectivity index (χ1) is 7.74. The summed E-state index contributed by atoms with van der Waals surface area (Å²) in [6, 6.07) is 0.725. The normalized spacial score (nSPS) is 11.8. The van der Waals surface area contributed by atoms with Gasteiger partial charge in [0.15, 0.2) is 10.4 Å². The first-order valence-corrected chi connectivity index (χ1v) is 4.82. The van der Waals surface area contributed by atoms with E-state index in [1.54, 1.807) is 0 Å². The van der Waals surface area contributed by atoms with Crippen molar-refractivity contribution >= 4 is 15.9 Å². The summed E-state index contributed by atoms with van der Waals surface area (Å²) in [6.07, 6.45) is -8.26. The summed E-state index contributed by atoms with van der Waals surface area (Å²) in [5.74, 6) is -1.32. The van der Waals surface area contributed by atoms with E-state index in [0.717, 1.165) is 6.07 Å². The lowest BCUT2D eigenvalue weighted by Crippen LogP contribution is -2.19. The van der Waals surface area contributed by atoms with Crippen LogP contribution in [0.1, 0.15) is 12.0 Å². The van der Waals surface area contributed by atoms with Crippen molar-refractivity contribution in [1.82, 2.24) is 4.98 Å². The molecular formula is C8H5BrF5NO2. The van der Waals surface area contributed by atoms with E-state index in [9.17, 15) is 22.0 Å². The van der Waals surface area contributed by atoms with Gasteiger partial charge in [-0.25, -0.2) is 13.8 Å². The molecule has 0 amide bonds. The summed E-state index contributed by atoms with van der Waals surface area (Å²) in [7, 11) is 1.17. The van der Waals surface area contributed by atoms with Gasteiger partial charge in [-0.05, 0) is 22.0 Å². The Morgan fingerprint density at radius 2 is 1.94 bits per heavy atom. The number of pyridine rings is 1. The van der Waals surface area contributed by atoms with Crippen LogP contribution in [0.15, 0.2) is 10.7 Å². The van der Waals surface area contributed by atoms with Crippen LogP contribution < -0.4 is 9.47 Å². The fourth-order valence-corrected chi connectivity index (χ4v) is 1.40. The topological polar surface area (TPSA) is 31.4 Å². The van der Waals surface area contributed by atoms with Crippen LogP contribution in [0.25, 0.3) is 0 Å². The minimum absolute atomic E-state index is 0.116. The van der Waals surface area contributed by atoms with Crippen LogP contribution in [0.2, 0.25) is 0 Å². The Hall–Kier alpha value is -1.12. The zero-order valence-corrected chi connectivity index (χ0v) is 9.77. The van der Waals surface area contributed by atoms with Gasteiger partial charge in [0.1, 0.15) is 0 Å². The molecule has 0 saturated heterocycles. The molecule has 0 N–H and O–H groups in total. The third kappa shape index (κ3) is 3.69. The van der Waals surface area contributed by atoms with E-state index in [-0.39, 0.29) is 10.4 Å². The molecule has 96 valence electrons. The molecule has 3 nitrogen and oxygen atoms in total. The summed E-state index contributed by atoms with van der Waals surface area (Å²) >= 11 is 2.77. The fourth-order valence-electron chi connectivity index (χ4n) is 0.962. The van der Waals surface area contributed by atoms with Gasteiger partial charge in [-0.1, -0.05) is 0 Å². The van der Waals surface area contributed by atoms with Crippen LogP contribution in [-0.4, -0.2) is 18.5 Å². The van der Waals surface area contributed by atoms with Crippen LogP contribution in [-0.2, 0) is 0 Å². The molecular weight excluding hydrogens is 317 g/mol. The van der Waals surface area contributed by atoms with E-state index < -0.39 is 24.2 Å². The number of aromatic nitrogens is 1. The van der Waals surface area contributed by atoms with Crippen LogP contribution >= 0.6 is 15.9 Å². The zero-order valence-electron chi connectivity index (χ0n) is 8.19. The highest BCUT2D eigenvalue weighted by Gasteiger charge is 2.34. The van der Waals surface area contributed by atoms with Crippen molar-refractivity contribution in [3.05, 3.63) is 16.2 Å². The van der Waals surface area contributed by atoms with E-state index >= 15 is 0 Å². The molecule has 0 fully saturated rings. The minimum Gasteiger partial charge on any atom is -0.494 e. The molecule has 1 aromatic heterocycles. The van der Waals surface area contributed by atoms with Crippen molar-refractivity contribution in [3.8, 4) is 11.6 Å². The lowest BCUT2D eigenvalue weighted by Gasteiger charge is -2.13. The SMILES string of the molecule is COc1cc(C(F)F)c(OC(F)(F)F)nc1Br. The van der Waals surface area contributed by atoms with Crippen molar-refractivity contribution in [1.29, 1.82) is 0 Å². The van der Waals surface area contributed by atoms with E-state index in [2.05, 4.69) is 30.4 Å². The summed E-state index contributed by atoms with van der Waals surface area (Å²) in [5.41, 5.74) is -0.998. The van der Waals surface area contributed by atoms with Gasteiger partial charge in [0.25, 0.3) is 6.43 Å². The van der Waals surface area contributed by atoms with Crippen molar-refractivity contribution in [2.24, 2.45) is 0 Å². The van der Waals surface area contributed by atoms with Gasteiger partial charge < -0.3 is 9.47 Å². The average Bonchev–Trinajstić information content (AvgIpc) is 2.14. The van der Waals surface area contributed by atoms with E-state index in [4.69, 9.17) is 0 Å². The first-order valence-electron chi connectivity index (χ1n) is 4.03. The van der Waals surface area contributed by atoms with Gasteiger partial charge in [-0.15, -0.1) is 13.2 Å². The zero-order chi connectivity index (χ0) is 13.2. The quantitative estimate of drug-likeness (QED) is 0.628. The standard InChI is InChI=1S/C8H5BrF5NO2/c1-16-4-2-3(6(10)11)7(15-5(4)9)17-8(12,13)14/h2,6H,1H3. The largest absolute Gasteiger partial charge is 0.574 e. The molecule has 1 rings (SSSR count). The number of hydrogen-bond acceptors (Lipinski definition) is 3. The highest BCUT2D eigenvalue weighted by atomic mass is 79.9. The molecule has 17 heavy (non-hydrogen) atoms. The molecule has 9 heteroatoms. The Labute approximate surface area is 101 Å². The van der Waals surface area contributed by atoms with Gasteiger partial charge in [0, 0.05) is 0 Å². The number of nitrogens with zero attached hydrogens (tertiary/aromatic N) is 1. The molecule has 0 aliphatic carbocycles. The van der Waals surface area contributed by atoms with Gasteiger partial charge in [-0.3, -0.25) is 0 Å². The van der Waals surface area contributed by atoms with Crippen LogP contribution in [0.4, 0.5) is 22.0 Å². The lowest BCUT2D eigenvalue weighted by atomic mass is 10.2. The van der Waals surface area contributed by atoms with Crippen molar-refractivity contribution in [2.45, 2.75) is 12.8 Å². The maximum Gasteiger partial charge on any atom is 0.574 e. The molecule has 0 aliphatic rings. The van der Waals surface area contributed by atoms with E-state index in [0.29, 0.717) is 0 Å². The van der Waals surface area contributed by atoms with Crippen molar-refractivity contribution in [3.63, 3.8) is 0 Å². The molecule has 0 saturated carbocycles. The maximum atomic E-state index is 12.5. The average molecular weight is 322 g/mol. The molecule has 0 bridgehead atoms. The Bertz CT molecular complexity index is 410. The number of hydrogen-bond donors (Lipinski definition) is 0. The second kappa shape index (κ2) is 5.03. The maximum absolute atomic E-state index is 12.5. The van der Waals surface area contributed by atoms with Gasteiger partial charge in [0.2, 0.25) is 5.88 Å². The van der Waals surface area contributed by atoms with E-state index in [1.165, 1.54) is 7.11 Å². The van der Waals surface area contributed by atoms with Gasteiger partial charge in [0.05, 0.1) is 12.7 Å². The number of alkyl halides is 5. The van der Waals surface area contributed by atoms with Gasteiger partial charge in [-0.2, -0.15) is 0 Å². The monoisotopic (exact) mass is 321 g/mol. The molecule has 0 aliphatic heterocycles.